The van der Waals surface area contributed by atoms with Crippen LogP contribution >= 0.6 is 0 Å². The fourth-order valence-electron chi connectivity index (χ4n) is 4.10. The smallest absolute Gasteiger partial charge is 0.323 e. The van der Waals surface area contributed by atoms with E-state index < -0.39 is 8.32 Å². The molecule has 2 nitrogen and oxygen atoms in total. The van der Waals surface area contributed by atoms with Crippen LogP contribution in [0, 0.1) is 0 Å². The number of hydrogen-bond acceptors (Lipinski definition) is 2. The lowest BCUT2D eigenvalue weighted by atomic mass is 10.1. The molecule has 0 heterocycles. The molecule has 3 heteroatoms. The largest absolute Gasteiger partial charge is 0.510 e. The maximum atomic E-state index is 13.0. The number of hydrogen-bond donors (Lipinski definition) is 0. The van der Waals surface area contributed by atoms with E-state index in [1.165, 1.54) is 32.1 Å². The first-order valence-electron chi connectivity index (χ1n) is 11.2. The van der Waals surface area contributed by atoms with Crippen LogP contribution < -0.4 is 10.4 Å². The SMILES string of the molecule is CCCCCCCCCC(=O)O[Si](c1ccccc1)(c1ccccc1)C(C)(C)C. The molecule has 2 rings (SSSR count). The maximum Gasteiger partial charge on any atom is 0.323 e. The predicted molar refractivity (Wildman–Crippen MR) is 126 cm³/mol. The fraction of sp³-hybridized carbons (Fsp3) is 0.500. The van der Waals surface area contributed by atoms with Crippen molar-refractivity contribution >= 4 is 24.7 Å². The van der Waals surface area contributed by atoms with Crippen molar-refractivity contribution in [3.05, 3.63) is 60.7 Å². The summed E-state index contributed by atoms with van der Waals surface area (Å²) in [6.07, 6.45) is 8.93. The summed E-state index contributed by atoms with van der Waals surface area (Å²) in [7, 11) is -2.75. The van der Waals surface area contributed by atoms with Crippen LogP contribution in [0.3, 0.4) is 0 Å². The van der Waals surface area contributed by atoms with Crippen molar-refractivity contribution in [2.24, 2.45) is 0 Å². The van der Waals surface area contributed by atoms with Crippen LogP contribution in [0.25, 0.3) is 0 Å². The number of unbranched alkanes of at least 4 members (excludes halogenated alkanes) is 6. The molecule has 0 aliphatic heterocycles. The van der Waals surface area contributed by atoms with Crippen LogP contribution in [0.15, 0.2) is 60.7 Å². The lowest BCUT2D eigenvalue weighted by molar-refractivity contribution is -0.135. The average molecular weight is 411 g/mol. The van der Waals surface area contributed by atoms with Gasteiger partial charge in [-0.1, -0.05) is 127 Å². The monoisotopic (exact) mass is 410 g/mol. The molecular weight excluding hydrogens is 372 g/mol. The van der Waals surface area contributed by atoms with Gasteiger partial charge < -0.3 is 4.43 Å². The van der Waals surface area contributed by atoms with Crippen LogP contribution in [0.4, 0.5) is 0 Å². The Balaban J connectivity index is 2.17. The van der Waals surface area contributed by atoms with Gasteiger partial charge in [-0.3, -0.25) is 4.79 Å². The van der Waals surface area contributed by atoms with Gasteiger partial charge in [-0.25, -0.2) is 0 Å². The Kier molecular flexibility index (Phi) is 9.16. The first-order valence-corrected chi connectivity index (χ1v) is 13.2. The topological polar surface area (TPSA) is 26.3 Å². The molecule has 0 N–H and O–H groups in total. The van der Waals surface area contributed by atoms with Crippen LogP contribution in [-0.4, -0.2) is 14.3 Å². The van der Waals surface area contributed by atoms with E-state index in [-0.39, 0.29) is 11.0 Å². The molecular formula is C26H38O2Si. The summed E-state index contributed by atoms with van der Waals surface area (Å²) < 4.78 is 6.52. The zero-order valence-corrected chi connectivity index (χ0v) is 19.7. The molecule has 0 bridgehead atoms. The Morgan fingerprint density at radius 1 is 0.759 bits per heavy atom. The second kappa shape index (κ2) is 11.3. The summed E-state index contributed by atoms with van der Waals surface area (Å²) in [6.45, 7) is 8.86. The summed E-state index contributed by atoms with van der Waals surface area (Å²) in [5, 5.41) is 2.16. The van der Waals surface area contributed by atoms with Gasteiger partial charge in [0.1, 0.15) is 0 Å². The summed E-state index contributed by atoms with van der Waals surface area (Å²) >= 11 is 0. The van der Waals surface area contributed by atoms with E-state index in [2.05, 4.69) is 76.2 Å². The predicted octanol–water partition coefficient (Wildman–Crippen LogP) is 6.23. The fourth-order valence-corrected chi connectivity index (χ4v) is 8.47. The average Bonchev–Trinajstić information content (AvgIpc) is 2.71. The van der Waals surface area contributed by atoms with Gasteiger partial charge >= 0.3 is 8.32 Å². The summed E-state index contributed by atoms with van der Waals surface area (Å²) in [6, 6.07) is 20.8. The maximum absolute atomic E-state index is 13.0. The minimum Gasteiger partial charge on any atom is -0.510 e. The van der Waals surface area contributed by atoms with Crippen LogP contribution in [-0.2, 0) is 9.22 Å². The Morgan fingerprint density at radius 3 is 1.66 bits per heavy atom. The molecule has 0 aromatic heterocycles. The minimum atomic E-state index is -2.75. The zero-order valence-electron chi connectivity index (χ0n) is 18.7. The molecule has 0 amide bonds. The molecule has 0 aliphatic carbocycles. The lowest BCUT2D eigenvalue weighted by Crippen LogP contribution is -2.67. The van der Waals surface area contributed by atoms with E-state index in [0.717, 1.165) is 23.2 Å². The Morgan fingerprint density at radius 2 is 1.21 bits per heavy atom. The van der Waals surface area contributed by atoms with Gasteiger partial charge in [0.05, 0.1) is 0 Å². The Hall–Kier alpha value is -1.87. The lowest BCUT2D eigenvalue weighted by Gasteiger charge is -2.42. The second-order valence-electron chi connectivity index (χ2n) is 9.01. The first kappa shape index (κ1) is 23.4. The van der Waals surface area contributed by atoms with Crippen molar-refractivity contribution in [2.75, 3.05) is 0 Å². The number of carbonyl (C=O) groups is 1. The van der Waals surface area contributed by atoms with Crippen LogP contribution in [0.1, 0.15) is 79.1 Å². The molecule has 2 aromatic rings. The molecule has 0 atom stereocenters. The highest BCUT2D eigenvalue weighted by Crippen LogP contribution is 2.37. The van der Waals surface area contributed by atoms with E-state index in [9.17, 15) is 4.79 Å². The molecule has 0 fully saturated rings. The van der Waals surface area contributed by atoms with E-state index in [1.807, 2.05) is 12.1 Å². The van der Waals surface area contributed by atoms with Crippen LogP contribution in [0.2, 0.25) is 5.04 Å². The molecule has 0 saturated carbocycles. The highest BCUT2D eigenvalue weighted by atomic mass is 28.4. The van der Waals surface area contributed by atoms with Gasteiger partial charge in [0.2, 0.25) is 0 Å². The van der Waals surface area contributed by atoms with Crippen LogP contribution in [0.5, 0.6) is 0 Å². The van der Waals surface area contributed by atoms with Gasteiger partial charge in [-0.15, -0.1) is 0 Å². The van der Waals surface area contributed by atoms with E-state index in [0.29, 0.717) is 6.42 Å². The van der Waals surface area contributed by atoms with Gasteiger partial charge in [0, 0.05) is 6.42 Å². The second-order valence-corrected chi connectivity index (χ2v) is 13.2. The van der Waals surface area contributed by atoms with E-state index in [1.54, 1.807) is 0 Å². The third-order valence-corrected chi connectivity index (χ3v) is 10.6. The molecule has 0 unspecified atom stereocenters. The van der Waals surface area contributed by atoms with Crippen molar-refractivity contribution in [2.45, 2.75) is 84.1 Å². The first-order chi connectivity index (χ1) is 13.9. The quantitative estimate of drug-likeness (QED) is 0.324. The standard InChI is InChI=1S/C26H38O2Si/c1-5-6-7-8-9-10-17-22-25(27)28-29(26(2,3)4,23-18-13-11-14-19-23)24-20-15-12-16-21-24/h11-16,18-21H,5-10,17,22H2,1-4H3. The molecule has 0 spiro atoms. The third kappa shape index (κ3) is 6.30. The Labute approximate surface area is 178 Å². The molecule has 29 heavy (non-hydrogen) atoms. The normalized spacial score (nSPS) is 12.0. The highest BCUT2D eigenvalue weighted by molar-refractivity contribution is 7.00. The van der Waals surface area contributed by atoms with Crippen molar-refractivity contribution in [1.82, 2.24) is 0 Å². The summed E-state index contributed by atoms with van der Waals surface area (Å²) in [5.74, 6) is -0.0483. The summed E-state index contributed by atoms with van der Waals surface area (Å²) in [5.41, 5.74) is 0. The summed E-state index contributed by atoms with van der Waals surface area (Å²) in [4.78, 5) is 13.0. The van der Waals surface area contributed by atoms with Gasteiger partial charge in [-0.05, 0) is 21.8 Å². The minimum absolute atomic E-state index is 0.0483. The molecule has 2 aromatic carbocycles. The van der Waals surface area contributed by atoms with Crippen molar-refractivity contribution < 1.29 is 9.22 Å². The van der Waals surface area contributed by atoms with E-state index >= 15 is 0 Å². The van der Waals surface area contributed by atoms with E-state index in [4.69, 9.17) is 4.43 Å². The van der Waals surface area contributed by atoms with Gasteiger partial charge in [-0.2, -0.15) is 0 Å². The van der Waals surface area contributed by atoms with Crippen molar-refractivity contribution in [3.8, 4) is 0 Å². The zero-order chi connectivity index (χ0) is 21.2. The molecule has 158 valence electrons. The molecule has 0 saturated heterocycles. The van der Waals surface area contributed by atoms with Crippen molar-refractivity contribution in [1.29, 1.82) is 0 Å². The molecule has 0 aliphatic rings. The number of rotatable bonds is 11. The molecule has 0 radical (unpaired) electrons. The number of benzene rings is 2. The Bertz CT molecular complexity index is 680. The number of carbonyl (C=O) groups excluding carboxylic acids is 1. The third-order valence-electron chi connectivity index (χ3n) is 5.67. The van der Waals surface area contributed by atoms with Gasteiger partial charge in [0.15, 0.2) is 0 Å². The van der Waals surface area contributed by atoms with Gasteiger partial charge in [0.25, 0.3) is 5.97 Å². The van der Waals surface area contributed by atoms with Crippen molar-refractivity contribution in [3.63, 3.8) is 0 Å². The highest BCUT2D eigenvalue weighted by Gasteiger charge is 2.52.